The maximum atomic E-state index is 14.0. The smallest absolute Gasteiger partial charge is 0.338 e. The van der Waals surface area contributed by atoms with Gasteiger partial charge in [0.25, 0.3) is 0 Å². The molecule has 4 nitrogen and oxygen atoms in total. The number of aromatic amines is 1. The van der Waals surface area contributed by atoms with Crippen molar-refractivity contribution in [3.63, 3.8) is 0 Å². The highest BCUT2D eigenvalue weighted by atomic mass is 79.9. The van der Waals surface area contributed by atoms with Crippen molar-refractivity contribution in [1.29, 1.82) is 0 Å². The monoisotopic (exact) mass is 496 g/mol. The van der Waals surface area contributed by atoms with E-state index in [0.29, 0.717) is 15.5 Å². The minimum absolute atomic E-state index is 0.0735. The topological polar surface area (TPSA) is 54.5 Å². The van der Waals surface area contributed by atoms with Crippen LogP contribution in [-0.4, -0.2) is 19.9 Å². The lowest BCUT2D eigenvalue weighted by atomic mass is 10.0. The molecule has 1 N–H and O–H groups in total. The minimum Gasteiger partial charge on any atom is -0.338 e. The van der Waals surface area contributed by atoms with Gasteiger partial charge in [0.05, 0.1) is 16.8 Å². The number of aromatic nitrogens is 4. The maximum Gasteiger partial charge on any atom is 0.419 e. The number of pyridine rings is 2. The summed E-state index contributed by atoms with van der Waals surface area (Å²) >= 11 is 6.75. The standard InChI is InChI=1S/C18H9Br2F3N4/c19-10-6-12(20)16-13(7-10)26-17(27-16)11-3-5-25-15(14(11)18(21,22)23)9-2-1-4-24-8-9/h1-8H,(H,26,27). The van der Waals surface area contributed by atoms with Crippen LogP contribution in [0.4, 0.5) is 13.2 Å². The van der Waals surface area contributed by atoms with Crippen molar-refractivity contribution < 1.29 is 13.2 Å². The minimum atomic E-state index is -4.62. The van der Waals surface area contributed by atoms with Crippen LogP contribution in [0.1, 0.15) is 5.56 Å². The number of imidazole rings is 1. The van der Waals surface area contributed by atoms with Crippen LogP contribution in [0.15, 0.2) is 57.9 Å². The first-order chi connectivity index (χ1) is 12.8. The van der Waals surface area contributed by atoms with Gasteiger partial charge in [0.2, 0.25) is 0 Å². The van der Waals surface area contributed by atoms with Crippen molar-refractivity contribution in [2.45, 2.75) is 6.18 Å². The Balaban J connectivity index is 2.00. The second-order valence-corrected chi connectivity index (χ2v) is 7.46. The normalized spacial score (nSPS) is 11.9. The lowest BCUT2D eigenvalue weighted by Gasteiger charge is -2.15. The van der Waals surface area contributed by atoms with Crippen molar-refractivity contribution in [3.05, 3.63) is 63.4 Å². The van der Waals surface area contributed by atoms with Crippen molar-refractivity contribution in [2.75, 3.05) is 0 Å². The molecule has 0 amide bonds. The number of alkyl halides is 3. The van der Waals surface area contributed by atoms with E-state index in [4.69, 9.17) is 0 Å². The fraction of sp³-hybridized carbons (Fsp3) is 0.0556. The lowest BCUT2D eigenvalue weighted by Crippen LogP contribution is -2.11. The fourth-order valence-electron chi connectivity index (χ4n) is 2.84. The van der Waals surface area contributed by atoms with Crippen LogP contribution in [-0.2, 0) is 6.18 Å². The lowest BCUT2D eigenvalue weighted by molar-refractivity contribution is -0.136. The van der Waals surface area contributed by atoms with Crippen molar-refractivity contribution >= 4 is 42.9 Å². The molecule has 3 heterocycles. The summed E-state index contributed by atoms with van der Waals surface area (Å²) < 4.78 is 43.3. The van der Waals surface area contributed by atoms with Gasteiger partial charge >= 0.3 is 6.18 Å². The number of benzene rings is 1. The molecule has 9 heteroatoms. The molecule has 0 fully saturated rings. The number of nitrogens with one attached hydrogen (secondary N) is 1. The Kier molecular flexibility index (Phi) is 4.51. The molecule has 0 aliphatic rings. The molecule has 3 aromatic heterocycles. The molecule has 136 valence electrons. The summed E-state index contributed by atoms with van der Waals surface area (Å²) in [4.78, 5) is 15.2. The van der Waals surface area contributed by atoms with Gasteiger partial charge in [-0.1, -0.05) is 15.9 Å². The third kappa shape index (κ3) is 3.37. The molecule has 0 unspecified atom stereocenters. The van der Waals surface area contributed by atoms with Gasteiger partial charge in [-0.3, -0.25) is 9.97 Å². The van der Waals surface area contributed by atoms with Gasteiger partial charge in [-0.15, -0.1) is 0 Å². The van der Waals surface area contributed by atoms with Crippen molar-refractivity contribution in [2.24, 2.45) is 0 Å². The van der Waals surface area contributed by atoms with Gasteiger partial charge in [-0.2, -0.15) is 13.2 Å². The summed E-state index contributed by atoms with van der Waals surface area (Å²) in [6.45, 7) is 0. The summed E-state index contributed by atoms with van der Waals surface area (Å²) in [5, 5.41) is 0. The molecular formula is C18H9Br2F3N4. The van der Waals surface area contributed by atoms with E-state index in [1.165, 1.54) is 24.7 Å². The number of hydrogen-bond donors (Lipinski definition) is 1. The number of H-pyrrole nitrogens is 1. The van der Waals surface area contributed by atoms with Gasteiger partial charge in [0.15, 0.2) is 0 Å². The van der Waals surface area contributed by atoms with Gasteiger partial charge in [0.1, 0.15) is 11.3 Å². The molecule has 0 aliphatic carbocycles. The zero-order chi connectivity index (χ0) is 19.2. The second-order valence-electron chi connectivity index (χ2n) is 5.69. The van der Waals surface area contributed by atoms with Crippen LogP contribution in [0.2, 0.25) is 0 Å². The van der Waals surface area contributed by atoms with Gasteiger partial charge < -0.3 is 4.98 Å². The van der Waals surface area contributed by atoms with Crippen LogP contribution in [0.3, 0.4) is 0 Å². The molecule has 0 saturated heterocycles. The molecule has 0 bridgehead atoms. The fourth-order valence-corrected chi connectivity index (χ4v) is 4.15. The molecule has 4 aromatic rings. The van der Waals surface area contributed by atoms with Gasteiger partial charge in [-0.05, 0) is 46.3 Å². The predicted molar refractivity (Wildman–Crippen MR) is 103 cm³/mol. The number of rotatable bonds is 2. The third-order valence-corrected chi connectivity index (χ3v) is 4.99. The van der Waals surface area contributed by atoms with E-state index in [-0.39, 0.29) is 22.6 Å². The Morgan fingerprint density at radius 1 is 1.04 bits per heavy atom. The highest BCUT2D eigenvalue weighted by Gasteiger charge is 2.38. The number of fused-ring (bicyclic) bond motifs is 1. The molecule has 0 aliphatic heterocycles. The zero-order valence-electron chi connectivity index (χ0n) is 13.4. The number of halogens is 5. The summed E-state index contributed by atoms with van der Waals surface area (Å²) in [7, 11) is 0. The zero-order valence-corrected chi connectivity index (χ0v) is 16.5. The van der Waals surface area contributed by atoms with Crippen LogP contribution in [0.25, 0.3) is 33.7 Å². The van der Waals surface area contributed by atoms with Crippen molar-refractivity contribution in [3.8, 4) is 22.6 Å². The molecular weight excluding hydrogens is 489 g/mol. The van der Waals surface area contributed by atoms with Crippen LogP contribution < -0.4 is 0 Å². The highest BCUT2D eigenvalue weighted by molar-refractivity contribution is 9.11. The summed E-state index contributed by atoms with van der Waals surface area (Å²) in [6.07, 6.45) is -0.431. The van der Waals surface area contributed by atoms with Gasteiger partial charge in [-0.25, -0.2) is 4.98 Å². The molecule has 1 aromatic carbocycles. The average molecular weight is 498 g/mol. The molecule has 27 heavy (non-hydrogen) atoms. The Bertz CT molecular complexity index is 1140. The van der Waals surface area contributed by atoms with Crippen LogP contribution >= 0.6 is 31.9 Å². The largest absolute Gasteiger partial charge is 0.419 e. The van der Waals surface area contributed by atoms with E-state index in [1.54, 1.807) is 24.3 Å². The average Bonchev–Trinajstić information content (AvgIpc) is 3.05. The SMILES string of the molecule is FC(F)(F)c1c(-c2nc3c(Br)cc(Br)cc3[nH]2)ccnc1-c1cccnc1. The van der Waals surface area contributed by atoms with E-state index in [2.05, 4.69) is 51.8 Å². The van der Waals surface area contributed by atoms with E-state index in [0.717, 1.165) is 4.47 Å². The van der Waals surface area contributed by atoms with E-state index in [1.807, 2.05) is 0 Å². The maximum absolute atomic E-state index is 14.0. The Labute approximate surface area is 168 Å². The third-order valence-electron chi connectivity index (χ3n) is 3.93. The van der Waals surface area contributed by atoms with E-state index >= 15 is 0 Å². The Hall–Kier alpha value is -2.26. The Morgan fingerprint density at radius 2 is 1.85 bits per heavy atom. The second kappa shape index (κ2) is 6.72. The number of nitrogens with zero attached hydrogens (tertiary/aromatic N) is 3. The molecule has 0 saturated carbocycles. The first kappa shape index (κ1) is 18.1. The number of hydrogen-bond acceptors (Lipinski definition) is 3. The van der Waals surface area contributed by atoms with Gasteiger partial charge in [0, 0.05) is 38.7 Å². The molecule has 0 spiro atoms. The molecule has 0 atom stereocenters. The molecule has 4 rings (SSSR count). The highest BCUT2D eigenvalue weighted by Crippen LogP contribution is 2.42. The predicted octanol–water partition coefficient (Wildman–Crippen LogP) is 6.23. The van der Waals surface area contributed by atoms with E-state index in [9.17, 15) is 13.2 Å². The Morgan fingerprint density at radius 3 is 2.56 bits per heavy atom. The van der Waals surface area contributed by atoms with Crippen molar-refractivity contribution in [1.82, 2.24) is 19.9 Å². The first-order valence-electron chi connectivity index (χ1n) is 7.66. The quantitative estimate of drug-likeness (QED) is 0.357. The first-order valence-corrected chi connectivity index (χ1v) is 9.25. The van der Waals surface area contributed by atoms with Crippen LogP contribution in [0, 0.1) is 0 Å². The summed E-state index contributed by atoms with van der Waals surface area (Å²) in [5.41, 5.74) is 0.323. The molecule has 0 radical (unpaired) electrons. The van der Waals surface area contributed by atoms with E-state index < -0.39 is 11.7 Å². The van der Waals surface area contributed by atoms with Crippen LogP contribution in [0.5, 0.6) is 0 Å². The summed E-state index contributed by atoms with van der Waals surface area (Å²) in [6, 6.07) is 7.96. The summed E-state index contributed by atoms with van der Waals surface area (Å²) in [5.74, 6) is 0.115.